The van der Waals surface area contributed by atoms with Crippen LogP contribution in [0.5, 0.6) is 17.4 Å². The van der Waals surface area contributed by atoms with E-state index in [1.165, 1.54) is 24.5 Å². The van der Waals surface area contributed by atoms with E-state index >= 15 is 0 Å². The maximum atomic E-state index is 12.8. The second-order valence-corrected chi connectivity index (χ2v) is 9.89. The minimum Gasteiger partial charge on any atom is -0.493 e. The summed E-state index contributed by atoms with van der Waals surface area (Å²) in [5, 5.41) is 0. The van der Waals surface area contributed by atoms with Gasteiger partial charge in [0.15, 0.2) is 11.5 Å². The van der Waals surface area contributed by atoms with Crippen LogP contribution in [0.2, 0.25) is 0 Å². The van der Waals surface area contributed by atoms with E-state index in [2.05, 4.69) is 19.6 Å². The van der Waals surface area contributed by atoms with Crippen molar-refractivity contribution in [3.63, 3.8) is 0 Å². The molecule has 11 heteroatoms. The van der Waals surface area contributed by atoms with Gasteiger partial charge in [0, 0.05) is 32.0 Å². The van der Waals surface area contributed by atoms with E-state index in [0.717, 1.165) is 44.0 Å². The maximum Gasteiger partial charge on any atom is 0.263 e. The van der Waals surface area contributed by atoms with Crippen LogP contribution in [0, 0.1) is 6.92 Å². The number of methoxy groups -OCH3 is 1. The number of sulfonamides is 1. The number of aryl methyl sites for hydroxylation is 1. The van der Waals surface area contributed by atoms with E-state index in [-0.39, 0.29) is 23.2 Å². The van der Waals surface area contributed by atoms with Crippen molar-refractivity contribution >= 4 is 15.8 Å². The molecule has 0 aliphatic carbocycles. The number of hydrogen-bond donors (Lipinski definition) is 1. The summed E-state index contributed by atoms with van der Waals surface area (Å²) in [4.78, 5) is 10.7. The number of morpholine rings is 1. The van der Waals surface area contributed by atoms with Crippen molar-refractivity contribution in [3.05, 3.63) is 66.0 Å². The molecule has 4 rings (SSSR count). The Balaban J connectivity index is 1.41. The fraction of sp³-hybridized carbons (Fsp3) is 0.360. The number of anilines is 1. The summed E-state index contributed by atoms with van der Waals surface area (Å²) in [5.74, 6) is 1.30. The maximum absolute atomic E-state index is 12.8. The molecule has 36 heavy (non-hydrogen) atoms. The van der Waals surface area contributed by atoms with Gasteiger partial charge in [-0.3, -0.25) is 9.62 Å². The van der Waals surface area contributed by atoms with Gasteiger partial charge >= 0.3 is 0 Å². The molecular formula is C25H30N4O6S. The number of hydrogen-bond acceptors (Lipinski definition) is 9. The Morgan fingerprint density at radius 1 is 1.00 bits per heavy atom. The first-order chi connectivity index (χ1) is 17.4. The first-order valence-corrected chi connectivity index (χ1v) is 13.1. The van der Waals surface area contributed by atoms with Crippen LogP contribution in [-0.4, -0.2) is 69.9 Å². The van der Waals surface area contributed by atoms with Gasteiger partial charge in [0.25, 0.3) is 15.9 Å². The predicted octanol–water partition coefficient (Wildman–Crippen LogP) is 2.88. The SMILES string of the molecule is COc1ccc(COc2nccnc2NS(=O)(=O)c2ccc(C)cc2)cc1OCCN1CCOCC1. The molecule has 1 aromatic heterocycles. The molecule has 0 radical (unpaired) electrons. The lowest BCUT2D eigenvalue weighted by atomic mass is 10.2. The quantitative estimate of drug-likeness (QED) is 0.413. The highest BCUT2D eigenvalue weighted by Crippen LogP contribution is 2.29. The van der Waals surface area contributed by atoms with E-state index in [1.54, 1.807) is 25.3 Å². The average molecular weight is 515 g/mol. The van der Waals surface area contributed by atoms with Crippen LogP contribution in [0.4, 0.5) is 5.82 Å². The Kier molecular flexibility index (Phi) is 8.57. The molecule has 0 saturated carbocycles. The minimum absolute atomic E-state index is 0.00794. The van der Waals surface area contributed by atoms with Gasteiger partial charge in [0.2, 0.25) is 5.82 Å². The number of nitrogens with zero attached hydrogens (tertiary/aromatic N) is 3. The van der Waals surface area contributed by atoms with Crippen molar-refractivity contribution in [2.24, 2.45) is 0 Å². The van der Waals surface area contributed by atoms with E-state index in [0.29, 0.717) is 18.1 Å². The molecule has 1 N–H and O–H groups in total. The Hall–Kier alpha value is -3.41. The molecule has 1 aliphatic heterocycles. The highest BCUT2D eigenvalue weighted by molar-refractivity contribution is 7.92. The first kappa shape index (κ1) is 25.7. The van der Waals surface area contributed by atoms with Crippen LogP contribution in [0.25, 0.3) is 0 Å². The van der Waals surface area contributed by atoms with Crippen molar-refractivity contribution < 1.29 is 27.4 Å². The molecule has 0 atom stereocenters. The highest BCUT2D eigenvalue weighted by Gasteiger charge is 2.19. The normalized spacial score (nSPS) is 14.3. The standard InChI is InChI=1S/C25H30N4O6S/c1-19-3-6-21(7-4-19)36(30,31)28-24-25(27-10-9-26-24)35-18-20-5-8-22(32-2)23(17-20)34-16-13-29-11-14-33-15-12-29/h3-10,17H,11-16,18H2,1-2H3,(H,26,28). The summed E-state index contributed by atoms with van der Waals surface area (Å²) >= 11 is 0. The zero-order valence-corrected chi connectivity index (χ0v) is 21.2. The molecule has 3 aromatic rings. The topological polar surface area (TPSA) is 112 Å². The fourth-order valence-corrected chi connectivity index (χ4v) is 4.60. The van der Waals surface area contributed by atoms with Crippen LogP contribution in [0.1, 0.15) is 11.1 Å². The molecule has 1 aliphatic rings. The minimum atomic E-state index is -3.85. The van der Waals surface area contributed by atoms with E-state index in [1.807, 2.05) is 19.1 Å². The highest BCUT2D eigenvalue weighted by atomic mass is 32.2. The number of rotatable bonds is 11. The molecule has 0 unspecified atom stereocenters. The Morgan fingerprint density at radius 2 is 1.75 bits per heavy atom. The number of aromatic nitrogens is 2. The Bertz CT molecular complexity index is 1250. The monoisotopic (exact) mass is 514 g/mol. The van der Waals surface area contributed by atoms with Crippen molar-refractivity contribution in [3.8, 4) is 17.4 Å². The molecule has 2 aromatic carbocycles. The van der Waals surface area contributed by atoms with Crippen molar-refractivity contribution in [2.45, 2.75) is 18.4 Å². The van der Waals surface area contributed by atoms with Gasteiger partial charge in [-0.05, 0) is 36.8 Å². The van der Waals surface area contributed by atoms with Crippen molar-refractivity contribution in [1.29, 1.82) is 0 Å². The third-order valence-corrected chi connectivity index (χ3v) is 6.95. The first-order valence-electron chi connectivity index (χ1n) is 11.6. The van der Waals surface area contributed by atoms with Gasteiger partial charge in [0.1, 0.15) is 13.2 Å². The lowest BCUT2D eigenvalue weighted by Crippen LogP contribution is -2.38. The van der Waals surface area contributed by atoms with Crippen molar-refractivity contribution in [1.82, 2.24) is 14.9 Å². The molecule has 1 fully saturated rings. The molecule has 0 bridgehead atoms. The molecule has 0 spiro atoms. The average Bonchev–Trinajstić information content (AvgIpc) is 2.89. The van der Waals surface area contributed by atoms with E-state index in [9.17, 15) is 8.42 Å². The van der Waals surface area contributed by atoms with Gasteiger partial charge in [-0.15, -0.1) is 0 Å². The molecule has 0 amide bonds. The van der Waals surface area contributed by atoms with Crippen LogP contribution in [0.3, 0.4) is 0 Å². The van der Waals surface area contributed by atoms with Crippen LogP contribution in [0.15, 0.2) is 59.8 Å². The summed E-state index contributed by atoms with van der Waals surface area (Å²) in [6, 6.07) is 12.0. The zero-order chi connectivity index (χ0) is 25.4. The second kappa shape index (κ2) is 12.0. The zero-order valence-electron chi connectivity index (χ0n) is 20.3. The second-order valence-electron chi connectivity index (χ2n) is 8.21. The predicted molar refractivity (Wildman–Crippen MR) is 134 cm³/mol. The lowest BCUT2D eigenvalue weighted by Gasteiger charge is -2.26. The molecular weight excluding hydrogens is 484 g/mol. The van der Waals surface area contributed by atoms with Crippen LogP contribution < -0.4 is 18.9 Å². The molecule has 1 saturated heterocycles. The summed E-state index contributed by atoms with van der Waals surface area (Å²) < 4.78 is 50.7. The number of benzene rings is 2. The number of ether oxygens (including phenoxy) is 4. The van der Waals surface area contributed by atoms with Crippen LogP contribution in [-0.2, 0) is 21.4 Å². The van der Waals surface area contributed by atoms with Gasteiger partial charge in [-0.2, -0.15) is 0 Å². The Morgan fingerprint density at radius 3 is 2.50 bits per heavy atom. The van der Waals surface area contributed by atoms with E-state index < -0.39 is 10.0 Å². The molecule has 2 heterocycles. The lowest BCUT2D eigenvalue weighted by molar-refractivity contribution is 0.0321. The van der Waals surface area contributed by atoms with E-state index in [4.69, 9.17) is 18.9 Å². The van der Waals surface area contributed by atoms with Gasteiger partial charge < -0.3 is 18.9 Å². The largest absolute Gasteiger partial charge is 0.493 e. The number of nitrogens with one attached hydrogen (secondary N) is 1. The Labute approximate surface area is 211 Å². The van der Waals surface area contributed by atoms with Gasteiger partial charge in [-0.25, -0.2) is 18.4 Å². The summed E-state index contributed by atoms with van der Waals surface area (Å²) in [7, 11) is -2.26. The van der Waals surface area contributed by atoms with Crippen LogP contribution >= 0.6 is 0 Å². The molecule has 192 valence electrons. The summed E-state index contributed by atoms with van der Waals surface area (Å²) in [5.41, 5.74) is 1.76. The van der Waals surface area contributed by atoms with Crippen molar-refractivity contribution in [2.75, 3.05) is 51.3 Å². The fourth-order valence-electron chi connectivity index (χ4n) is 3.59. The smallest absolute Gasteiger partial charge is 0.263 e. The summed E-state index contributed by atoms with van der Waals surface area (Å²) in [6.45, 7) is 6.57. The van der Waals surface area contributed by atoms with Gasteiger partial charge in [-0.1, -0.05) is 23.8 Å². The van der Waals surface area contributed by atoms with Gasteiger partial charge in [0.05, 0.1) is 25.2 Å². The third kappa shape index (κ3) is 6.84. The molecule has 10 nitrogen and oxygen atoms in total. The summed E-state index contributed by atoms with van der Waals surface area (Å²) in [6.07, 6.45) is 2.83. The third-order valence-electron chi connectivity index (χ3n) is 5.60.